The molecule has 0 aliphatic heterocycles. The summed E-state index contributed by atoms with van der Waals surface area (Å²) in [5.74, 6) is -0.913. The first-order valence-electron chi connectivity index (χ1n) is 6.48. The predicted molar refractivity (Wildman–Crippen MR) is 71.5 cm³/mol. The Morgan fingerprint density at radius 2 is 1.56 bits per heavy atom. The molecule has 0 radical (unpaired) electrons. The molecule has 0 aromatic carbocycles. The van der Waals surface area contributed by atoms with Gasteiger partial charge in [0.2, 0.25) is 8.32 Å². The molecule has 0 aromatic heterocycles. The second kappa shape index (κ2) is 6.73. The molecule has 1 aliphatic carbocycles. The Morgan fingerprint density at radius 3 is 2.11 bits per heavy atom. The number of carbonyl (C=O) groups is 2. The molecule has 0 N–H and O–H groups in total. The minimum absolute atomic E-state index is 0.0175. The SMILES string of the molecule is C[Si](C)(C)OC(=O)/C=C/C(=O)OC1CCCCC1. The number of hydrogen-bond donors (Lipinski definition) is 0. The fourth-order valence-corrected chi connectivity index (χ4v) is 2.53. The first-order chi connectivity index (χ1) is 8.37. The smallest absolute Gasteiger partial charge is 0.331 e. The summed E-state index contributed by atoms with van der Waals surface area (Å²) in [4.78, 5) is 22.8. The van der Waals surface area contributed by atoms with E-state index < -0.39 is 20.3 Å². The van der Waals surface area contributed by atoms with Gasteiger partial charge in [-0.05, 0) is 45.3 Å². The van der Waals surface area contributed by atoms with E-state index in [1.807, 2.05) is 19.6 Å². The normalized spacial score (nSPS) is 17.7. The van der Waals surface area contributed by atoms with E-state index in [0.717, 1.165) is 37.8 Å². The number of esters is 1. The Hall–Kier alpha value is -1.10. The standard InChI is InChI=1S/C13H22O4Si/c1-18(2,3)17-13(15)10-9-12(14)16-11-7-5-4-6-8-11/h9-11H,4-8H2,1-3H3/b10-9+. The van der Waals surface area contributed by atoms with Crippen molar-refractivity contribution in [2.24, 2.45) is 0 Å². The molecule has 0 bridgehead atoms. The number of rotatable bonds is 4. The Labute approximate surface area is 109 Å². The van der Waals surface area contributed by atoms with Crippen LogP contribution in [0, 0.1) is 0 Å². The lowest BCUT2D eigenvalue weighted by Gasteiger charge is -2.21. The maximum atomic E-state index is 11.5. The van der Waals surface area contributed by atoms with Gasteiger partial charge >= 0.3 is 11.9 Å². The molecule has 1 rings (SSSR count). The lowest BCUT2D eigenvalue weighted by atomic mass is 9.98. The summed E-state index contributed by atoms with van der Waals surface area (Å²) < 4.78 is 10.4. The van der Waals surface area contributed by atoms with Crippen molar-refractivity contribution in [2.75, 3.05) is 0 Å². The minimum Gasteiger partial charge on any atom is -0.517 e. The summed E-state index contributed by atoms with van der Waals surface area (Å²) in [6, 6.07) is 0. The van der Waals surface area contributed by atoms with Gasteiger partial charge < -0.3 is 9.16 Å². The molecule has 0 spiro atoms. The van der Waals surface area contributed by atoms with Gasteiger partial charge in [0.15, 0.2) is 0 Å². The van der Waals surface area contributed by atoms with Crippen molar-refractivity contribution in [1.82, 2.24) is 0 Å². The van der Waals surface area contributed by atoms with Crippen LogP contribution >= 0.6 is 0 Å². The molecule has 18 heavy (non-hydrogen) atoms. The summed E-state index contributed by atoms with van der Waals surface area (Å²) in [5, 5.41) is 0. The first-order valence-corrected chi connectivity index (χ1v) is 9.89. The van der Waals surface area contributed by atoms with Gasteiger partial charge in [0.25, 0.3) is 0 Å². The van der Waals surface area contributed by atoms with E-state index in [1.54, 1.807) is 0 Å². The zero-order chi connectivity index (χ0) is 13.6. The van der Waals surface area contributed by atoms with Gasteiger partial charge in [0, 0.05) is 12.2 Å². The molecule has 1 fully saturated rings. The average Bonchev–Trinajstić information content (AvgIpc) is 2.25. The third kappa shape index (κ3) is 6.59. The topological polar surface area (TPSA) is 52.6 Å². The number of ether oxygens (including phenoxy) is 1. The monoisotopic (exact) mass is 270 g/mol. The highest BCUT2D eigenvalue weighted by Gasteiger charge is 2.19. The third-order valence-corrected chi connectivity index (χ3v) is 3.41. The Kier molecular flexibility index (Phi) is 5.59. The van der Waals surface area contributed by atoms with E-state index in [2.05, 4.69) is 0 Å². The van der Waals surface area contributed by atoms with Crippen LogP contribution < -0.4 is 0 Å². The molecule has 4 nitrogen and oxygen atoms in total. The van der Waals surface area contributed by atoms with Crippen molar-refractivity contribution in [3.05, 3.63) is 12.2 Å². The zero-order valence-electron chi connectivity index (χ0n) is 11.4. The molecule has 0 atom stereocenters. The lowest BCUT2D eigenvalue weighted by Crippen LogP contribution is -2.28. The minimum atomic E-state index is -1.89. The van der Waals surface area contributed by atoms with Crippen LogP contribution in [0.5, 0.6) is 0 Å². The molecule has 0 amide bonds. The second-order valence-corrected chi connectivity index (χ2v) is 9.99. The van der Waals surface area contributed by atoms with Crippen LogP contribution in [0.1, 0.15) is 32.1 Å². The lowest BCUT2D eigenvalue weighted by molar-refractivity contribution is -0.144. The summed E-state index contributed by atoms with van der Waals surface area (Å²) in [7, 11) is -1.89. The number of carbonyl (C=O) groups excluding carboxylic acids is 2. The molecule has 0 unspecified atom stereocenters. The molecule has 0 saturated heterocycles. The van der Waals surface area contributed by atoms with Crippen LogP contribution in [-0.2, 0) is 18.8 Å². The summed E-state index contributed by atoms with van der Waals surface area (Å²) in [6.07, 6.45) is 7.63. The van der Waals surface area contributed by atoms with Gasteiger partial charge in [-0.3, -0.25) is 0 Å². The summed E-state index contributed by atoms with van der Waals surface area (Å²) in [6.45, 7) is 5.75. The third-order valence-electron chi connectivity index (χ3n) is 2.60. The van der Waals surface area contributed by atoms with Crippen LogP contribution in [0.15, 0.2) is 12.2 Å². The van der Waals surface area contributed by atoms with E-state index in [-0.39, 0.29) is 6.10 Å². The fourth-order valence-electron chi connectivity index (χ4n) is 1.86. The van der Waals surface area contributed by atoms with Crippen molar-refractivity contribution < 1.29 is 18.8 Å². The summed E-state index contributed by atoms with van der Waals surface area (Å²) in [5.41, 5.74) is 0. The van der Waals surface area contributed by atoms with Gasteiger partial charge in [0.05, 0.1) is 0 Å². The Morgan fingerprint density at radius 1 is 1.00 bits per heavy atom. The van der Waals surface area contributed by atoms with E-state index in [0.29, 0.717) is 0 Å². The number of hydrogen-bond acceptors (Lipinski definition) is 4. The molecule has 102 valence electrons. The van der Waals surface area contributed by atoms with E-state index >= 15 is 0 Å². The van der Waals surface area contributed by atoms with Gasteiger partial charge in [-0.1, -0.05) is 6.42 Å². The highest BCUT2D eigenvalue weighted by molar-refractivity contribution is 6.71. The fraction of sp³-hybridized carbons (Fsp3) is 0.692. The molecular formula is C13H22O4Si. The largest absolute Gasteiger partial charge is 0.517 e. The Bertz CT molecular complexity index is 324. The van der Waals surface area contributed by atoms with E-state index in [9.17, 15) is 9.59 Å². The van der Waals surface area contributed by atoms with Crippen LogP contribution in [-0.4, -0.2) is 26.4 Å². The molecule has 1 saturated carbocycles. The highest BCUT2D eigenvalue weighted by atomic mass is 28.4. The van der Waals surface area contributed by atoms with E-state index in [4.69, 9.17) is 9.16 Å². The van der Waals surface area contributed by atoms with Gasteiger partial charge in [-0.15, -0.1) is 0 Å². The van der Waals surface area contributed by atoms with Gasteiger partial charge in [0.1, 0.15) is 6.10 Å². The first kappa shape index (κ1) is 15.0. The van der Waals surface area contributed by atoms with Crippen LogP contribution in [0.25, 0.3) is 0 Å². The molecule has 5 heteroatoms. The van der Waals surface area contributed by atoms with Crippen molar-refractivity contribution in [3.63, 3.8) is 0 Å². The predicted octanol–water partition coefficient (Wildman–Crippen LogP) is 2.80. The van der Waals surface area contributed by atoms with Crippen molar-refractivity contribution in [2.45, 2.75) is 57.8 Å². The molecule has 0 aromatic rings. The summed E-state index contributed by atoms with van der Waals surface area (Å²) >= 11 is 0. The zero-order valence-corrected chi connectivity index (χ0v) is 12.4. The molecular weight excluding hydrogens is 248 g/mol. The maximum Gasteiger partial charge on any atom is 0.331 e. The van der Waals surface area contributed by atoms with Crippen molar-refractivity contribution >= 4 is 20.3 Å². The second-order valence-electron chi connectivity index (χ2n) is 5.56. The average molecular weight is 270 g/mol. The maximum absolute atomic E-state index is 11.5. The quantitative estimate of drug-likeness (QED) is 0.448. The van der Waals surface area contributed by atoms with Crippen LogP contribution in [0.4, 0.5) is 0 Å². The van der Waals surface area contributed by atoms with Crippen LogP contribution in [0.3, 0.4) is 0 Å². The van der Waals surface area contributed by atoms with Gasteiger partial charge in [-0.2, -0.15) is 0 Å². The highest BCUT2D eigenvalue weighted by Crippen LogP contribution is 2.20. The van der Waals surface area contributed by atoms with Crippen molar-refractivity contribution in [1.29, 1.82) is 0 Å². The molecule has 0 heterocycles. The Balaban J connectivity index is 2.32. The van der Waals surface area contributed by atoms with Crippen LogP contribution in [0.2, 0.25) is 19.6 Å². The van der Waals surface area contributed by atoms with Gasteiger partial charge in [-0.25, -0.2) is 9.59 Å². The molecule has 1 aliphatic rings. The van der Waals surface area contributed by atoms with Crippen molar-refractivity contribution in [3.8, 4) is 0 Å². The van der Waals surface area contributed by atoms with E-state index in [1.165, 1.54) is 6.42 Å².